The SMILES string of the molecule is CCc1ccc(-c2ccc(-c3ccc(C)cc3)c(F)c2)cc1. The largest absolute Gasteiger partial charge is 0.206 e. The van der Waals surface area contributed by atoms with E-state index in [1.54, 1.807) is 6.07 Å². The number of aryl methyl sites for hydroxylation is 2. The van der Waals surface area contributed by atoms with E-state index in [9.17, 15) is 4.39 Å². The van der Waals surface area contributed by atoms with Gasteiger partial charge in [0.2, 0.25) is 0 Å². The zero-order chi connectivity index (χ0) is 15.5. The Morgan fingerprint density at radius 1 is 0.727 bits per heavy atom. The first-order valence-electron chi connectivity index (χ1n) is 7.63. The van der Waals surface area contributed by atoms with Crippen LogP contribution in [-0.4, -0.2) is 0 Å². The van der Waals surface area contributed by atoms with E-state index in [-0.39, 0.29) is 5.82 Å². The molecule has 0 atom stereocenters. The Bertz CT molecular complexity index is 768. The van der Waals surface area contributed by atoms with Crippen molar-refractivity contribution in [3.8, 4) is 22.3 Å². The molecule has 0 fully saturated rings. The highest BCUT2D eigenvalue weighted by Crippen LogP contribution is 2.28. The second-order valence-electron chi connectivity index (χ2n) is 5.61. The fraction of sp³-hybridized carbons (Fsp3) is 0.143. The molecule has 0 saturated carbocycles. The molecule has 0 amide bonds. The Labute approximate surface area is 131 Å². The summed E-state index contributed by atoms with van der Waals surface area (Å²) in [5.41, 5.74) is 5.99. The zero-order valence-electron chi connectivity index (χ0n) is 12.9. The summed E-state index contributed by atoms with van der Waals surface area (Å²) in [5, 5.41) is 0. The molecule has 3 aromatic rings. The molecule has 3 rings (SSSR count). The summed E-state index contributed by atoms with van der Waals surface area (Å²) in [4.78, 5) is 0. The Hall–Kier alpha value is -2.41. The second kappa shape index (κ2) is 6.15. The summed E-state index contributed by atoms with van der Waals surface area (Å²) in [7, 11) is 0. The third kappa shape index (κ3) is 2.94. The summed E-state index contributed by atoms with van der Waals surface area (Å²) >= 11 is 0. The van der Waals surface area contributed by atoms with Crippen molar-refractivity contribution in [3.63, 3.8) is 0 Å². The van der Waals surface area contributed by atoms with Crippen LogP contribution in [0.15, 0.2) is 66.7 Å². The molecule has 0 aliphatic heterocycles. The fourth-order valence-corrected chi connectivity index (χ4v) is 2.59. The van der Waals surface area contributed by atoms with Crippen LogP contribution in [0.3, 0.4) is 0 Å². The highest BCUT2D eigenvalue weighted by molar-refractivity contribution is 5.71. The molecule has 0 bridgehead atoms. The number of hydrogen-bond donors (Lipinski definition) is 0. The molecule has 0 radical (unpaired) electrons. The van der Waals surface area contributed by atoms with Crippen molar-refractivity contribution < 1.29 is 4.39 Å². The average molecular weight is 290 g/mol. The monoisotopic (exact) mass is 290 g/mol. The van der Waals surface area contributed by atoms with Gasteiger partial charge in [0, 0.05) is 5.56 Å². The molecule has 0 saturated heterocycles. The highest BCUT2D eigenvalue weighted by Gasteiger charge is 2.07. The van der Waals surface area contributed by atoms with Crippen LogP contribution in [0, 0.1) is 12.7 Å². The summed E-state index contributed by atoms with van der Waals surface area (Å²) in [6.45, 7) is 4.16. The van der Waals surface area contributed by atoms with E-state index in [0.29, 0.717) is 5.56 Å². The minimum atomic E-state index is -0.180. The van der Waals surface area contributed by atoms with Crippen molar-refractivity contribution in [1.29, 1.82) is 0 Å². The smallest absolute Gasteiger partial charge is 0.131 e. The molecule has 0 aliphatic rings. The lowest BCUT2D eigenvalue weighted by atomic mass is 9.98. The van der Waals surface area contributed by atoms with Crippen molar-refractivity contribution in [2.45, 2.75) is 20.3 Å². The predicted octanol–water partition coefficient (Wildman–Crippen LogP) is 6.03. The van der Waals surface area contributed by atoms with Gasteiger partial charge in [-0.05, 0) is 41.7 Å². The van der Waals surface area contributed by atoms with Crippen LogP contribution in [-0.2, 0) is 6.42 Å². The lowest BCUT2D eigenvalue weighted by molar-refractivity contribution is 0.632. The van der Waals surface area contributed by atoms with Gasteiger partial charge in [-0.25, -0.2) is 4.39 Å². The van der Waals surface area contributed by atoms with Crippen molar-refractivity contribution in [3.05, 3.63) is 83.7 Å². The number of hydrogen-bond acceptors (Lipinski definition) is 0. The predicted molar refractivity (Wildman–Crippen MR) is 91.4 cm³/mol. The quantitative estimate of drug-likeness (QED) is 0.552. The van der Waals surface area contributed by atoms with Crippen LogP contribution in [0.25, 0.3) is 22.3 Å². The van der Waals surface area contributed by atoms with Crippen LogP contribution < -0.4 is 0 Å². The molecule has 0 heterocycles. The minimum absolute atomic E-state index is 0.180. The van der Waals surface area contributed by atoms with Gasteiger partial charge in [-0.1, -0.05) is 73.2 Å². The standard InChI is InChI=1S/C21H19F/c1-3-16-6-10-17(11-7-16)19-12-13-20(21(22)14-19)18-8-4-15(2)5-9-18/h4-14H,3H2,1-2H3. The van der Waals surface area contributed by atoms with E-state index in [1.807, 2.05) is 43.3 Å². The summed E-state index contributed by atoms with van der Waals surface area (Å²) in [6, 6.07) is 21.7. The minimum Gasteiger partial charge on any atom is -0.206 e. The van der Waals surface area contributed by atoms with Crippen LogP contribution in [0.1, 0.15) is 18.1 Å². The molecule has 0 N–H and O–H groups in total. The van der Waals surface area contributed by atoms with E-state index in [1.165, 1.54) is 11.1 Å². The summed E-state index contributed by atoms with van der Waals surface area (Å²) < 4.78 is 14.5. The third-order valence-electron chi connectivity index (χ3n) is 4.03. The van der Waals surface area contributed by atoms with Gasteiger partial charge in [-0.15, -0.1) is 0 Å². The van der Waals surface area contributed by atoms with Crippen LogP contribution >= 0.6 is 0 Å². The van der Waals surface area contributed by atoms with E-state index >= 15 is 0 Å². The molecule has 1 heteroatoms. The first kappa shape index (κ1) is 14.5. The third-order valence-corrected chi connectivity index (χ3v) is 4.03. The molecule has 22 heavy (non-hydrogen) atoms. The number of benzene rings is 3. The van der Waals surface area contributed by atoms with Gasteiger partial charge in [0.05, 0.1) is 0 Å². The fourth-order valence-electron chi connectivity index (χ4n) is 2.59. The van der Waals surface area contributed by atoms with E-state index in [0.717, 1.165) is 23.1 Å². The van der Waals surface area contributed by atoms with Crippen LogP contribution in [0.5, 0.6) is 0 Å². The Balaban J connectivity index is 1.96. The summed E-state index contributed by atoms with van der Waals surface area (Å²) in [5.74, 6) is -0.180. The average Bonchev–Trinajstić information content (AvgIpc) is 2.56. The molecular formula is C21H19F. The molecule has 0 unspecified atom stereocenters. The molecular weight excluding hydrogens is 271 g/mol. The molecule has 0 aliphatic carbocycles. The van der Waals surface area contributed by atoms with E-state index in [2.05, 4.69) is 31.2 Å². The molecule has 0 aromatic heterocycles. The maximum Gasteiger partial charge on any atom is 0.131 e. The first-order chi connectivity index (χ1) is 10.7. The van der Waals surface area contributed by atoms with Crippen LogP contribution in [0.4, 0.5) is 4.39 Å². The van der Waals surface area contributed by atoms with Gasteiger partial charge in [0.25, 0.3) is 0 Å². The van der Waals surface area contributed by atoms with E-state index < -0.39 is 0 Å². The van der Waals surface area contributed by atoms with Crippen molar-refractivity contribution in [1.82, 2.24) is 0 Å². The lowest BCUT2D eigenvalue weighted by Gasteiger charge is -2.08. The normalized spacial score (nSPS) is 10.7. The van der Waals surface area contributed by atoms with Gasteiger partial charge in [-0.2, -0.15) is 0 Å². The van der Waals surface area contributed by atoms with Crippen LogP contribution in [0.2, 0.25) is 0 Å². The number of halogens is 1. The van der Waals surface area contributed by atoms with Gasteiger partial charge in [0.1, 0.15) is 5.82 Å². The van der Waals surface area contributed by atoms with E-state index in [4.69, 9.17) is 0 Å². The molecule has 3 aromatic carbocycles. The van der Waals surface area contributed by atoms with Crippen molar-refractivity contribution in [2.24, 2.45) is 0 Å². The van der Waals surface area contributed by atoms with Crippen molar-refractivity contribution in [2.75, 3.05) is 0 Å². The van der Waals surface area contributed by atoms with Gasteiger partial charge in [0.15, 0.2) is 0 Å². The van der Waals surface area contributed by atoms with Gasteiger partial charge < -0.3 is 0 Å². The molecule has 0 nitrogen and oxygen atoms in total. The maximum atomic E-state index is 14.5. The maximum absolute atomic E-state index is 14.5. The highest BCUT2D eigenvalue weighted by atomic mass is 19.1. The number of rotatable bonds is 3. The first-order valence-corrected chi connectivity index (χ1v) is 7.63. The Kier molecular flexibility index (Phi) is 4.06. The van der Waals surface area contributed by atoms with Gasteiger partial charge >= 0.3 is 0 Å². The Morgan fingerprint density at radius 2 is 1.32 bits per heavy atom. The van der Waals surface area contributed by atoms with Crippen molar-refractivity contribution >= 4 is 0 Å². The Morgan fingerprint density at radius 3 is 1.91 bits per heavy atom. The second-order valence-corrected chi connectivity index (χ2v) is 5.61. The zero-order valence-corrected chi connectivity index (χ0v) is 12.9. The lowest BCUT2D eigenvalue weighted by Crippen LogP contribution is -1.87. The molecule has 0 spiro atoms. The topological polar surface area (TPSA) is 0 Å². The van der Waals surface area contributed by atoms with Gasteiger partial charge in [-0.3, -0.25) is 0 Å². The summed E-state index contributed by atoms with van der Waals surface area (Å²) in [6.07, 6.45) is 1.01. The molecule has 110 valence electrons.